The van der Waals surface area contributed by atoms with Crippen LogP contribution in [0, 0.1) is 20.2 Å². The molecule has 0 saturated heterocycles. The fraction of sp³-hybridized carbons (Fsp3) is 0. The maximum Gasteiger partial charge on any atom is 0.295 e. The van der Waals surface area contributed by atoms with Crippen molar-refractivity contribution in [1.82, 2.24) is 5.53 Å². The highest BCUT2D eigenvalue weighted by Crippen LogP contribution is 2.28. The highest BCUT2D eigenvalue weighted by molar-refractivity contribution is 6.31. The van der Waals surface area contributed by atoms with Gasteiger partial charge in [0.25, 0.3) is 11.4 Å². The second kappa shape index (κ2) is 7.09. The van der Waals surface area contributed by atoms with Crippen molar-refractivity contribution in [3.05, 3.63) is 66.7 Å². The molecule has 2 rings (SSSR count). The fourth-order valence-electron chi connectivity index (χ4n) is 1.69. The molecule has 0 radical (unpaired) electrons. The third-order valence-electron chi connectivity index (χ3n) is 2.71. The zero-order valence-corrected chi connectivity index (χ0v) is 12.8. The van der Waals surface area contributed by atoms with Crippen molar-refractivity contribution in [2.24, 2.45) is 0 Å². The summed E-state index contributed by atoms with van der Waals surface area (Å²) in [5.41, 5.74) is 7.27. The minimum Gasteiger partial charge on any atom is -0.298 e. The van der Waals surface area contributed by atoms with Gasteiger partial charge in [-0.2, -0.15) is 0 Å². The standard InChI is InChI=1S/C12H9Cl2N5O4/c13-7-1-3-9(11(5-7)18(20)21)15-17-16-10-4-2-8(14)6-12(10)19(22)23/h1-6,15-17H. The Morgan fingerprint density at radius 2 is 1.17 bits per heavy atom. The van der Waals surface area contributed by atoms with Crippen LogP contribution in [0.1, 0.15) is 0 Å². The van der Waals surface area contributed by atoms with Crippen LogP contribution in [0.4, 0.5) is 22.7 Å². The summed E-state index contributed by atoms with van der Waals surface area (Å²) >= 11 is 11.4. The Kier molecular flexibility index (Phi) is 5.16. The molecule has 0 aliphatic heterocycles. The number of halogens is 2. The van der Waals surface area contributed by atoms with E-state index < -0.39 is 9.85 Å². The first-order valence-corrected chi connectivity index (χ1v) is 6.79. The van der Waals surface area contributed by atoms with E-state index in [1.165, 1.54) is 36.4 Å². The molecule has 2 aromatic rings. The van der Waals surface area contributed by atoms with Gasteiger partial charge in [-0.25, -0.2) is 0 Å². The highest BCUT2D eigenvalue weighted by Gasteiger charge is 2.16. The Bertz CT molecular complexity index is 708. The van der Waals surface area contributed by atoms with Crippen LogP contribution in [-0.4, -0.2) is 9.85 Å². The SMILES string of the molecule is O=[N+]([O-])c1cc(Cl)ccc1NNNc1ccc(Cl)cc1[N+](=O)[O-]. The topological polar surface area (TPSA) is 122 Å². The summed E-state index contributed by atoms with van der Waals surface area (Å²) in [5.74, 6) is 0. The molecule has 0 fully saturated rings. The maximum atomic E-state index is 10.9. The fourth-order valence-corrected chi connectivity index (χ4v) is 2.02. The average molecular weight is 358 g/mol. The van der Waals surface area contributed by atoms with Crippen LogP contribution < -0.4 is 16.4 Å². The van der Waals surface area contributed by atoms with Crippen LogP contribution in [0.5, 0.6) is 0 Å². The predicted molar refractivity (Wildman–Crippen MR) is 86.6 cm³/mol. The van der Waals surface area contributed by atoms with Gasteiger partial charge in [0.15, 0.2) is 0 Å². The number of rotatable bonds is 6. The lowest BCUT2D eigenvalue weighted by Gasteiger charge is -2.11. The first-order valence-electron chi connectivity index (χ1n) is 6.03. The number of benzene rings is 2. The minimum atomic E-state index is -0.610. The average Bonchev–Trinajstić information content (AvgIpc) is 2.49. The molecule has 23 heavy (non-hydrogen) atoms. The Morgan fingerprint density at radius 3 is 1.52 bits per heavy atom. The quantitative estimate of drug-likeness (QED) is 0.531. The monoisotopic (exact) mass is 357 g/mol. The van der Waals surface area contributed by atoms with Gasteiger partial charge < -0.3 is 0 Å². The van der Waals surface area contributed by atoms with Crippen LogP contribution in [0.3, 0.4) is 0 Å². The van der Waals surface area contributed by atoms with Gasteiger partial charge in [-0.05, 0) is 24.3 Å². The molecule has 0 aliphatic rings. The lowest BCUT2D eigenvalue weighted by molar-refractivity contribution is -0.384. The van der Waals surface area contributed by atoms with Crippen molar-refractivity contribution in [2.75, 3.05) is 10.9 Å². The van der Waals surface area contributed by atoms with Crippen LogP contribution >= 0.6 is 23.2 Å². The van der Waals surface area contributed by atoms with E-state index in [1.807, 2.05) is 0 Å². The van der Waals surface area contributed by atoms with Gasteiger partial charge in [0, 0.05) is 22.2 Å². The third kappa shape index (κ3) is 4.19. The number of hydrogen-bond donors (Lipinski definition) is 3. The molecule has 0 heterocycles. The number of nitro benzene ring substituents is 2. The van der Waals surface area contributed by atoms with E-state index in [2.05, 4.69) is 16.4 Å². The third-order valence-corrected chi connectivity index (χ3v) is 3.18. The van der Waals surface area contributed by atoms with E-state index >= 15 is 0 Å². The number of nitro groups is 2. The van der Waals surface area contributed by atoms with Crippen molar-refractivity contribution in [3.63, 3.8) is 0 Å². The van der Waals surface area contributed by atoms with Crippen molar-refractivity contribution >= 4 is 46.0 Å². The van der Waals surface area contributed by atoms with Gasteiger partial charge >= 0.3 is 0 Å². The molecule has 0 unspecified atom stereocenters. The van der Waals surface area contributed by atoms with Gasteiger partial charge in [-0.15, -0.1) is 5.53 Å². The number of anilines is 2. The lowest BCUT2D eigenvalue weighted by Crippen LogP contribution is -2.28. The van der Waals surface area contributed by atoms with Crippen LogP contribution in [-0.2, 0) is 0 Å². The van der Waals surface area contributed by atoms with E-state index in [0.29, 0.717) is 0 Å². The molecule has 2 aromatic carbocycles. The summed E-state index contributed by atoms with van der Waals surface area (Å²) in [6, 6.07) is 8.07. The Balaban J connectivity index is 2.12. The van der Waals surface area contributed by atoms with E-state index in [1.54, 1.807) is 0 Å². The van der Waals surface area contributed by atoms with Gasteiger partial charge in [-0.3, -0.25) is 31.1 Å². The molecule has 11 heteroatoms. The largest absolute Gasteiger partial charge is 0.298 e. The van der Waals surface area contributed by atoms with E-state index in [4.69, 9.17) is 23.2 Å². The van der Waals surface area contributed by atoms with Crippen molar-refractivity contribution in [3.8, 4) is 0 Å². The zero-order valence-electron chi connectivity index (χ0n) is 11.2. The van der Waals surface area contributed by atoms with E-state index in [9.17, 15) is 20.2 Å². The minimum absolute atomic E-state index is 0.128. The highest BCUT2D eigenvalue weighted by atomic mass is 35.5. The van der Waals surface area contributed by atoms with Gasteiger partial charge in [0.05, 0.1) is 9.85 Å². The van der Waals surface area contributed by atoms with Gasteiger partial charge in [0.1, 0.15) is 11.4 Å². The molecule has 120 valence electrons. The van der Waals surface area contributed by atoms with Crippen LogP contribution in [0.15, 0.2) is 36.4 Å². The number of hydrogen-bond acceptors (Lipinski definition) is 7. The first-order chi connectivity index (χ1) is 10.9. The van der Waals surface area contributed by atoms with Crippen molar-refractivity contribution in [1.29, 1.82) is 0 Å². The summed E-state index contributed by atoms with van der Waals surface area (Å²) < 4.78 is 0. The smallest absolute Gasteiger partial charge is 0.295 e. The Hall–Kier alpha value is -2.62. The first kappa shape index (κ1) is 16.7. The number of hydrazine groups is 2. The molecule has 0 bridgehead atoms. The van der Waals surface area contributed by atoms with Crippen molar-refractivity contribution < 1.29 is 9.85 Å². The Labute approximate surface area is 139 Å². The molecule has 0 spiro atoms. The van der Waals surface area contributed by atoms with E-state index in [-0.39, 0.29) is 32.8 Å². The molecule has 0 amide bonds. The molecule has 0 aromatic heterocycles. The van der Waals surface area contributed by atoms with Crippen molar-refractivity contribution in [2.45, 2.75) is 0 Å². The van der Waals surface area contributed by atoms with Crippen LogP contribution in [0.2, 0.25) is 10.0 Å². The second-order valence-corrected chi connectivity index (χ2v) is 5.09. The molecule has 0 saturated carbocycles. The molecule has 0 aliphatic carbocycles. The van der Waals surface area contributed by atoms with Gasteiger partial charge in [-0.1, -0.05) is 23.2 Å². The molecular formula is C12H9Cl2N5O4. The van der Waals surface area contributed by atoms with Crippen LogP contribution in [0.25, 0.3) is 0 Å². The summed E-state index contributed by atoms with van der Waals surface area (Å²) in [7, 11) is 0. The maximum absolute atomic E-state index is 10.9. The molecule has 3 N–H and O–H groups in total. The summed E-state index contributed by atoms with van der Waals surface area (Å²) in [6.45, 7) is 0. The molecule has 9 nitrogen and oxygen atoms in total. The Morgan fingerprint density at radius 1 is 0.783 bits per heavy atom. The summed E-state index contributed by atoms with van der Waals surface area (Å²) in [4.78, 5) is 20.7. The normalized spacial score (nSPS) is 10.2. The second-order valence-electron chi connectivity index (χ2n) is 4.21. The summed E-state index contributed by atoms with van der Waals surface area (Å²) in [5, 5.41) is 22.3. The number of nitrogens with one attached hydrogen (secondary N) is 3. The van der Waals surface area contributed by atoms with Gasteiger partial charge in [0.2, 0.25) is 0 Å². The lowest BCUT2D eigenvalue weighted by atomic mass is 10.3. The van der Waals surface area contributed by atoms with E-state index in [0.717, 1.165) is 0 Å². The predicted octanol–water partition coefficient (Wildman–Crippen LogP) is 3.75. The molecule has 0 atom stereocenters. The zero-order chi connectivity index (χ0) is 17.0. The molecular weight excluding hydrogens is 349 g/mol. The summed E-state index contributed by atoms with van der Waals surface area (Å²) in [6.07, 6.45) is 0. The number of nitrogens with zero attached hydrogens (tertiary/aromatic N) is 2.